The van der Waals surface area contributed by atoms with Gasteiger partial charge in [0.05, 0.1) is 23.5 Å². The lowest BCUT2D eigenvalue weighted by Crippen LogP contribution is -1.88. The van der Waals surface area contributed by atoms with Crippen LogP contribution in [0.3, 0.4) is 0 Å². The van der Waals surface area contributed by atoms with E-state index in [0.29, 0.717) is 0 Å². The van der Waals surface area contributed by atoms with Gasteiger partial charge in [-0.1, -0.05) is 102 Å². The number of thiophene rings is 2. The van der Waals surface area contributed by atoms with Gasteiger partial charge in [-0.15, -0.1) is 22.7 Å². The molecule has 4 nitrogen and oxygen atoms in total. The highest BCUT2D eigenvalue weighted by molar-refractivity contribution is 7.14. The van der Waals surface area contributed by atoms with Gasteiger partial charge in [0.15, 0.2) is 0 Å². The van der Waals surface area contributed by atoms with E-state index in [1.807, 2.05) is 22.7 Å². The molecule has 0 saturated carbocycles. The topological polar surface area (TPSA) is 51.6 Å². The Morgan fingerprint density at radius 2 is 0.818 bits per heavy atom. The molecule has 0 aliphatic heterocycles. The molecule has 0 spiro atoms. The van der Waals surface area contributed by atoms with Gasteiger partial charge in [0.1, 0.15) is 22.1 Å². The summed E-state index contributed by atoms with van der Waals surface area (Å²) in [5.41, 5.74) is 11.3. The van der Waals surface area contributed by atoms with E-state index in [1.54, 1.807) is 0 Å². The third-order valence-electron chi connectivity index (χ3n) is 8.60. The predicted molar refractivity (Wildman–Crippen MR) is 195 cm³/mol. The average molecular weight is 659 g/mol. The first-order valence-electron chi connectivity index (χ1n) is 16.4. The van der Waals surface area contributed by atoms with Crippen LogP contribution in [-0.2, 0) is 12.8 Å². The van der Waals surface area contributed by atoms with Crippen molar-refractivity contribution in [3.8, 4) is 32.0 Å². The summed E-state index contributed by atoms with van der Waals surface area (Å²) in [4.78, 5) is 2.56. The molecule has 0 fully saturated rings. The van der Waals surface area contributed by atoms with Crippen LogP contribution in [0.15, 0.2) is 47.2 Å². The molecule has 230 valence electrons. The average Bonchev–Trinajstić information content (AvgIpc) is 3.87. The highest BCUT2D eigenvalue weighted by Crippen LogP contribution is 2.41. The molecule has 0 N–H and O–H groups in total. The number of benzene rings is 2. The van der Waals surface area contributed by atoms with E-state index in [9.17, 15) is 0 Å². The van der Waals surface area contributed by atoms with Gasteiger partial charge in [-0.3, -0.25) is 0 Å². The molecule has 4 heterocycles. The molecular formula is C36H42N4S4. The second kappa shape index (κ2) is 15.7. The summed E-state index contributed by atoms with van der Waals surface area (Å²) in [6.07, 6.45) is 18.3. The zero-order valence-corrected chi connectivity index (χ0v) is 29.2. The SMILES string of the molecule is CCCCCCCCc1csc(-c2ccc(-c3ccc(-c4cc(CCCCCCCC)cs4)c4nsnc34)c3nsnc23)c1. The Labute approximate surface area is 278 Å². The molecule has 2 aromatic carbocycles. The number of fused-ring (bicyclic) bond motifs is 2. The van der Waals surface area contributed by atoms with Crippen LogP contribution < -0.4 is 0 Å². The maximum atomic E-state index is 4.79. The molecule has 0 unspecified atom stereocenters. The van der Waals surface area contributed by atoms with Crippen molar-refractivity contribution < 1.29 is 0 Å². The van der Waals surface area contributed by atoms with Gasteiger partial charge in [-0.2, -0.15) is 17.5 Å². The Bertz CT molecular complexity index is 1650. The van der Waals surface area contributed by atoms with Crippen molar-refractivity contribution in [1.29, 1.82) is 0 Å². The normalized spacial score (nSPS) is 11.8. The summed E-state index contributed by atoms with van der Waals surface area (Å²) in [6, 6.07) is 13.6. The van der Waals surface area contributed by atoms with Crippen molar-refractivity contribution in [3.05, 3.63) is 58.3 Å². The minimum Gasteiger partial charge on any atom is -0.172 e. The number of nitrogens with zero attached hydrogens (tertiary/aromatic N) is 4. The van der Waals surface area contributed by atoms with Gasteiger partial charge in [0.25, 0.3) is 0 Å². The lowest BCUT2D eigenvalue weighted by atomic mass is 9.97. The fourth-order valence-electron chi connectivity index (χ4n) is 6.08. The van der Waals surface area contributed by atoms with Crippen molar-refractivity contribution >= 4 is 68.2 Å². The Kier molecular flexibility index (Phi) is 11.2. The molecule has 0 bridgehead atoms. The van der Waals surface area contributed by atoms with Crippen LogP contribution in [0.5, 0.6) is 0 Å². The number of aromatic nitrogens is 4. The standard InChI is InChI=1S/C36H42N4S4/c1-3-5-7-9-11-13-15-25-21-31(41-23-25)29-19-17-27(33-35(29)39-43-37-33)28-18-20-30(36-34(28)38-44-40-36)32-22-26(24-42-32)16-14-12-10-8-6-4-2/h17-24H,3-16H2,1-2H3. The van der Waals surface area contributed by atoms with Gasteiger partial charge in [0, 0.05) is 32.0 Å². The molecule has 8 heteroatoms. The fraction of sp³-hybridized carbons (Fsp3) is 0.444. The first-order chi connectivity index (χ1) is 21.8. The lowest BCUT2D eigenvalue weighted by molar-refractivity contribution is 0.608. The van der Waals surface area contributed by atoms with Crippen molar-refractivity contribution in [1.82, 2.24) is 17.5 Å². The van der Waals surface area contributed by atoms with Gasteiger partial charge in [0.2, 0.25) is 0 Å². The zero-order valence-electron chi connectivity index (χ0n) is 25.9. The van der Waals surface area contributed by atoms with E-state index < -0.39 is 0 Å². The summed E-state index contributed by atoms with van der Waals surface area (Å²) >= 11 is 6.24. The maximum absolute atomic E-state index is 4.79. The second-order valence-electron chi connectivity index (χ2n) is 11.9. The second-order valence-corrected chi connectivity index (χ2v) is 14.8. The quantitative estimate of drug-likeness (QED) is 0.0915. The van der Waals surface area contributed by atoms with Gasteiger partial charge in [-0.25, -0.2) is 0 Å². The van der Waals surface area contributed by atoms with E-state index in [2.05, 4.69) is 61.0 Å². The van der Waals surface area contributed by atoms with Crippen molar-refractivity contribution in [2.24, 2.45) is 0 Å². The van der Waals surface area contributed by atoms with E-state index in [0.717, 1.165) is 46.0 Å². The summed E-state index contributed by atoms with van der Waals surface area (Å²) in [7, 11) is 0. The third kappa shape index (κ3) is 7.30. The first-order valence-corrected chi connectivity index (χ1v) is 19.6. The summed E-state index contributed by atoms with van der Waals surface area (Å²) in [6.45, 7) is 4.55. The number of aryl methyl sites for hydroxylation is 2. The molecule has 0 amide bonds. The Balaban J connectivity index is 1.20. The molecule has 0 aliphatic carbocycles. The highest BCUT2D eigenvalue weighted by Gasteiger charge is 2.20. The van der Waals surface area contributed by atoms with Crippen molar-refractivity contribution in [2.75, 3.05) is 0 Å². The van der Waals surface area contributed by atoms with Crippen molar-refractivity contribution in [2.45, 2.75) is 104 Å². The summed E-state index contributed by atoms with van der Waals surface area (Å²) < 4.78 is 19.1. The molecule has 6 aromatic rings. The molecular weight excluding hydrogens is 617 g/mol. The lowest BCUT2D eigenvalue weighted by Gasteiger charge is -2.08. The Hall–Kier alpha value is -2.52. The van der Waals surface area contributed by atoms with Crippen LogP contribution in [0.25, 0.3) is 54.1 Å². The van der Waals surface area contributed by atoms with Crippen LogP contribution >= 0.6 is 46.1 Å². The number of rotatable bonds is 17. The molecule has 0 aliphatic rings. The van der Waals surface area contributed by atoms with Crippen LogP contribution in [0.1, 0.15) is 102 Å². The van der Waals surface area contributed by atoms with Gasteiger partial charge >= 0.3 is 0 Å². The zero-order chi connectivity index (χ0) is 30.1. The molecule has 6 rings (SSSR count). The monoisotopic (exact) mass is 658 g/mol. The van der Waals surface area contributed by atoms with Crippen LogP contribution in [0.2, 0.25) is 0 Å². The predicted octanol–water partition coefficient (Wildman–Crippen LogP) is 12.6. The van der Waals surface area contributed by atoms with E-state index in [4.69, 9.17) is 17.5 Å². The minimum atomic E-state index is 0.956. The molecule has 44 heavy (non-hydrogen) atoms. The number of hydrogen-bond donors (Lipinski definition) is 0. The molecule has 4 aromatic heterocycles. The molecule has 0 saturated heterocycles. The first kappa shape index (κ1) is 31.5. The Morgan fingerprint density at radius 1 is 0.455 bits per heavy atom. The number of hydrogen-bond acceptors (Lipinski definition) is 8. The molecule has 0 radical (unpaired) electrons. The fourth-order valence-corrected chi connectivity index (χ4v) is 9.18. The highest BCUT2D eigenvalue weighted by atomic mass is 32.1. The minimum absolute atomic E-state index is 0.956. The van der Waals surface area contributed by atoms with Gasteiger partial charge in [-0.05, 0) is 59.7 Å². The van der Waals surface area contributed by atoms with Crippen LogP contribution in [0.4, 0.5) is 0 Å². The Morgan fingerprint density at radius 3 is 1.25 bits per heavy atom. The smallest absolute Gasteiger partial charge is 0.114 e. The largest absolute Gasteiger partial charge is 0.172 e. The molecule has 0 atom stereocenters. The van der Waals surface area contributed by atoms with Crippen LogP contribution in [0, 0.1) is 0 Å². The van der Waals surface area contributed by atoms with Gasteiger partial charge < -0.3 is 0 Å². The maximum Gasteiger partial charge on any atom is 0.114 e. The van der Waals surface area contributed by atoms with Crippen molar-refractivity contribution in [3.63, 3.8) is 0 Å². The van der Waals surface area contributed by atoms with E-state index >= 15 is 0 Å². The van der Waals surface area contributed by atoms with E-state index in [1.165, 1.54) is 133 Å². The third-order valence-corrected chi connectivity index (χ3v) is 11.7. The number of unbranched alkanes of at least 4 members (excludes halogenated alkanes) is 10. The summed E-state index contributed by atoms with van der Waals surface area (Å²) in [5, 5.41) is 4.65. The summed E-state index contributed by atoms with van der Waals surface area (Å²) in [5.74, 6) is 0. The van der Waals surface area contributed by atoms with E-state index in [-0.39, 0.29) is 0 Å². The van der Waals surface area contributed by atoms with Crippen LogP contribution in [-0.4, -0.2) is 17.5 Å².